The number of carbonyl (C=O) groups excluding carboxylic acids is 1. The monoisotopic (exact) mass is 412 g/mol. The summed E-state index contributed by atoms with van der Waals surface area (Å²) in [5.74, 6) is 1.44. The van der Waals surface area contributed by atoms with Crippen LogP contribution in [0.2, 0.25) is 0 Å². The number of nitrogens with one attached hydrogen (secondary N) is 1. The van der Waals surface area contributed by atoms with Crippen molar-refractivity contribution >= 4 is 23.4 Å². The van der Waals surface area contributed by atoms with Crippen molar-refractivity contribution in [2.24, 2.45) is 5.92 Å². The molecule has 0 unspecified atom stereocenters. The summed E-state index contributed by atoms with van der Waals surface area (Å²) in [4.78, 5) is 13.0. The van der Waals surface area contributed by atoms with E-state index in [0.717, 1.165) is 11.4 Å². The minimum absolute atomic E-state index is 0.0843. The second-order valence-corrected chi connectivity index (χ2v) is 7.76. The van der Waals surface area contributed by atoms with E-state index in [4.69, 9.17) is 9.47 Å². The molecule has 1 atom stereocenters. The molecule has 152 valence electrons. The van der Waals surface area contributed by atoms with E-state index in [1.54, 1.807) is 20.5 Å². The lowest BCUT2D eigenvalue weighted by Gasteiger charge is -2.20. The topological polar surface area (TPSA) is 78.3 Å². The van der Waals surface area contributed by atoms with E-state index in [1.165, 1.54) is 11.8 Å². The SMILES string of the molecule is COc1ccc(NC(=O)[C@H](Sc2nncn2-c2ccccc2OC)C(C)C)cc1. The number of amides is 1. The number of hydrogen-bond donors (Lipinski definition) is 1. The molecule has 0 aliphatic heterocycles. The van der Waals surface area contributed by atoms with Gasteiger partial charge in [-0.25, -0.2) is 0 Å². The van der Waals surface area contributed by atoms with Gasteiger partial charge in [-0.05, 0) is 42.3 Å². The van der Waals surface area contributed by atoms with Crippen molar-refractivity contribution in [3.63, 3.8) is 0 Å². The van der Waals surface area contributed by atoms with Gasteiger partial charge in [-0.3, -0.25) is 9.36 Å². The molecule has 1 heterocycles. The molecule has 3 aromatic rings. The van der Waals surface area contributed by atoms with Crippen molar-refractivity contribution in [2.45, 2.75) is 24.3 Å². The van der Waals surface area contributed by atoms with E-state index in [2.05, 4.69) is 15.5 Å². The predicted octanol–water partition coefficient (Wildman–Crippen LogP) is 4.04. The Labute approximate surface area is 174 Å². The average molecular weight is 413 g/mol. The third-order valence-electron chi connectivity index (χ3n) is 4.32. The maximum atomic E-state index is 13.0. The molecule has 0 spiro atoms. The van der Waals surface area contributed by atoms with Crippen LogP contribution in [0, 0.1) is 5.92 Å². The number of methoxy groups -OCH3 is 2. The molecule has 1 aromatic heterocycles. The number of nitrogens with zero attached hydrogens (tertiary/aromatic N) is 3. The highest BCUT2D eigenvalue weighted by atomic mass is 32.2. The molecule has 0 aliphatic carbocycles. The molecule has 3 rings (SSSR count). The molecule has 0 saturated carbocycles. The Morgan fingerprint density at radius 2 is 1.79 bits per heavy atom. The molecule has 2 aromatic carbocycles. The van der Waals surface area contributed by atoms with Gasteiger partial charge in [0.2, 0.25) is 5.91 Å². The van der Waals surface area contributed by atoms with Crippen molar-refractivity contribution in [1.29, 1.82) is 0 Å². The molecule has 29 heavy (non-hydrogen) atoms. The second kappa shape index (κ2) is 9.47. The van der Waals surface area contributed by atoms with Crippen molar-refractivity contribution in [1.82, 2.24) is 14.8 Å². The summed E-state index contributed by atoms with van der Waals surface area (Å²) in [6, 6.07) is 14.9. The summed E-state index contributed by atoms with van der Waals surface area (Å²) < 4.78 is 12.4. The van der Waals surface area contributed by atoms with E-state index in [0.29, 0.717) is 16.6 Å². The molecule has 0 bridgehead atoms. The van der Waals surface area contributed by atoms with Gasteiger partial charge in [0, 0.05) is 5.69 Å². The van der Waals surface area contributed by atoms with Crippen molar-refractivity contribution in [3.8, 4) is 17.2 Å². The first-order chi connectivity index (χ1) is 14.0. The molecular weight excluding hydrogens is 388 g/mol. The summed E-state index contributed by atoms with van der Waals surface area (Å²) in [5, 5.41) is 11.5. The van der Waals surface area contributed by atoms with Crippen molar-refractivity contribution in [3.05, 3.63) is 54.9 Å². The first kappa shape index (κ1) is 20.7. The fourth-order valence-corrected chi connectivity index (χ4v) is 3.81. The quantitative estimate of drug-likeness (QED) is 0.563. The fourth-order valence-electron chi connectivity index (χ4n) is 2.79. The van der Waals surface area contributed by atoms with Crippen LogP contribution in [-0.2, 0) is 4.79 Å². The van der Waals surface area contributed by atoms with Crippen LogP contribution in [0.1, 0.15) is 13.8 Å². The van der Waals surface area contributed by atoms with Crippen LogP contribution in [0.4, 0.5) is 5.69 Å². The van der Waals surface area contributed by atoms with Gasteiger partial charge >= 0.3 is 0 Å². The Hall–Kier alpha value is -3.00. The van der Waals surface area contributed by atoms with Crippen LogP contribution in [0.25, 0.3) is 5.69 Å². The van der Waals surface area contributed by atoms with Gasteiger partial charge in [0.15, 0.2) is 5.16 Å². The Kier molecular flexibility index (Phi) is 6.77. The number of rotatable bonds is 8. The minimum atomic E-state index is -0.352. The molecule has 1 N–H and O–H groups in total. The van der Waals surface area contributed by atoms with E-state index in [1.807, 2.05) is 66.9 Å². The second-order valence-electron chi connectivity index (χ2n) is 6.66. The van der Waals surface area contributed by atoms with Crippen molar-refractivity contribution < 1.29 is 14.3 Å². The fraction of sp³-hybridized carbons (Fsp3) is 0.286. The molecular formula is C21H24N4O3S. The van der Waals surface area contributed by atoms with Gasteiger partial charge < -0.3 is 14.8 Å². The number of anilines is 1. The third kappa shape index (κ3) is 4.89. The van der Waals surface area contributed by atoms with E-state index < -0.39 is 0 Å². The number of carbonyl (C=O) groups is 1. The number of ether oxygens (including phenoxy) is 2. The Bertz CT molecular complexity index is 957. The normalized spacial score (nSPS) is 11.9. The van der Waals surface area contributed by atoms with Crippen LogP contribution in [0.3, 0.4) is 0 Å². The van der Waals surface area contributed by atoms with Gasteiger partial charge in [-0.1, -0.05) is 37.7 Å². The molecule has 0 aliphatic rings. The van der Waals surface area contributed by atoms with Crippen molar-refractivity contribution in [2.75, 3.05) is 19.5 Å². The van der Waals surface area contributed by atoms with Crippen LogP contribution in [-0.4, -0.2) is 40.1 Å². The summed E-state index contributed by atoms with van der Waals surface area (Å²) in [7, 11) is 3.23. The smallest absolute Gasteiger partial charge is 0.238 e. The number of thioether (sulfide) groups is 1. The zero-order valence-electron chi connectivity index (χ0n) is 16.8. The number of benzene rings is 2. The van der Waals surface area contributed by atoms with E-state index >= 15 is 0 Å². The molecule has 8 heteroatoms. The number of para-hydroxylation sites is 2. The first-order valence-corrected chi connectivity index (χ1v) is 10.1. The van der Waals surface area contributed by atoms with Crippen LogP contribution < -0.4 is 14.8 Å². The summed E-state index contributed by atoms with van der Waals surface area (Å²) >= 11 is 1.38. The summed E-state index contributed by atoms with van der Waals surface area (Å²) in [5.41, 5.74) is 1.54. The largest absolute Gasteiger partial charge is 0.497 e. The van der Waals surface area contributed by atoms with Gasteiger partial charge in [-0.2, -0.15) is 0 Å². The molecule has 0 fully saturated rings. The van der Waals surface area contributed by atoms with Gasteiger partial charge in [-0.15, -0.1) is 10.2 Å². The highest BCUT2D eigenvalue weighted by molar-refractivity contribution is 8.00. The maximum absolute atomic E-state index is 13.0. The summed E-state index contributed by atoms with van der Waals surface area (Å²) in [6.07, 6.45) is 1.62. The average Bonchev–Trinajstić information content (AvgIpc) is 3.20. The minimum Gasteiger partial charge on any atom is -0.497 e. The lowest BCUT2D eigenvalue weighted by molar-refractivity contribution is -0.116. The number of aromatic nitrogens is 3. The van der Waals surface area contributed by atoms with Gasteiger partial charge in [0.1, 0.15) is 17.8 Å². The van der Waals surface area contributed by atoms with Crippen LogP contribution in [0.15, 0.2) is 60.0 Å². The Morgan fingerprint density at radius 3 is 2.45 bits per heavy atom. The molecule has 7 nitrogen and oxygen atoms in total. The molecule has 1 amide bonds. The number of hydrogen-bond acceptors (Lipinski definition) is 6. The molecule has 0 saturated heterocycles. The standard InChI is InChI=1S/C21H24N4O3S/c1-14(2)19(20(26)23-15-9-11-16(27-3)12-10-15)29-21-24-22-13-25(21)17-7-5-6-8-18(17)28-4/h5-14,19H,1-4H3,(H,23,26)/t19-/m1/s1. The lowest BCUT2D eigenvalue weighted by Crippen LogP contribution is -2.30. The highest BCUT2D eigenvalue weighted by Gasteiger charge is 2.26. The molecule has 0 radical (unpaired) electrons. The Balaban J connectivity index is 1.81. The third-order valence-corrected chi connectivity index (χ3v) is 5.82. The first-order valence-electron chi connectivity index (χ1n) is 9.18. The lowest BCUT2D eigenvalue weighted by atomic mass is 10.1. The van der Waals surface area contributed by atoms with E-state index in [-0.39, 0.29) is 17.1 Å². The predicted molar refractivity (Wildman–Crippen MR) is 114 cm³/mol. The highest BCUT2D eigenvalue weighted by Crippen LogP contribution is 2.32. The maximum Gasteiger partial charge on any atom is 0.238 e. The summed E-state index contributed by atoms with van der Waals surface area (Å²) in [6.45, 7) is 4.02. The zero-order valence-corrected chi connectivity index (χ0v) is 17.6. The van der Waals surface area contributed by atoms with Crippen LogP contribution in [0.5, 0.6) is 11.5 Å². The van der Waals surface area contributed by atoms with E-state index in [9.17, 15) is 4.79 Å². The van der Waals surface area contributed by atoms with Crippen LogP contribution >= 0.6 is 11.8 Å². The zero-order chi connectivity index (χ0) is 20.8. The Morgan fingerprint density at radius 1 is 1.07 bits per heavy atom. The van der Waals surface area contributed by atoms with Gasteiger partial charge in [0.25, 0.3) is 0 Å². The van der Waals surface area contributed by atoms with Gasteiger partial charge in [0.05, 0.1) is 25.2 Å².